The Morgan fingerprint density at radius 3 is 2.90 bits per heavy atom. The summed E-state index contributed by atoms with van der Waals surface area (Å²) in [6, 6.07) is 5.59. The van der Waals surface area contributed by atoms with Crippen molar-refractivity contribution in [2.45, 2.75) is 6.92 Å². The van der Waals surface area contributed by atoms with Crippen LogP contribution in [0, 0.1) is 12.8 Å². The van der Waals surface area contributed by atoms with Gasteiger partial charge < -0.3 is 10.2 Å². The van der Waals surface area contributed by atoms with Gasteiger partial charge in [-0.2, -0.15) is 10.2 Å². The Morgan fingerprint density at radius 2 is 2.25 bits per heavy atom. The van der Waals surface area contributed by atoms with Crippen LogP contribution in [0.5, 0.6) is 0 Å². The molecule has 1 fully saturated rings. The summed E-state index contributed by atoms with van der Waals surface area (Å²) in [7, 11) is 0. The topological polar surface area (TPSA) is 86.8 Å². The summed E-state index contributed by atoms with van der Waals surface area (Å²) >= 11 is 0. The summed E-state index contributed by atoms with van der Waals surface area (Å²) in [4.78, 5) is 13.9. The highest BCUT2D eigenvalue weighted by Crippen LogP contribution is 2.21. The molecule has 2 N–H and O–H groups in total. The summed E-state index contributed by atoms with van der Waals surface area (Å²) < 4.78 is 0. The van der Waals surface area contributed by atoms with Gasteiger partial charge in [0.25, 0.3) is 5.91 Å². The monoisotopic (exact) mass is 272 g/mol. The van der Waals surface area contributed by atoms with E-state index in [0.717, 1.165) is 24.6 Å². The minimum absolute atomic E-state index is 0.115. The van der Waals surface area contributed by atoms with Crippen LogP contribution in [0.1, 0.15) is 16.2 Å². The zero-order chi connectivity index (χ0) is 13.9. The standard InChI is InChI=1S/C13H16N6O/c1-9-2-3-12(18-16-9)19-7-10(8-19)6-14-13(20)11-4-5-15-17-11/h2-5,10H,6-8H2,1H3,(H,14,20)(H,15,17). The fourth-order valence-corrected chi connectivity index (χ4v) is 2.16. The largest absolute Gasteiger partial charge is 0.354 e. The second-order valence-corrected chi connectivity index (χ2v) is 4.98. The molecule has 0 bridgehead atoms. The Labute approximate surface area is 116 Å². The van der Waals surface area contributed by atoms with Crippen LogP contribution < -0.4 is 10.2 Å². The summed E-state index contributed by atoms with van der Waals surface area (Å²) in [5, 5.41) is 17.5. The lowest BCUT2D eigenvalue weighted by atomic mass is 10.0. The van der Waals surface area contributed by atoms with Gasteiger partial charge in [0.05, 0.1) is 5.69 Å². The molecule has 0 unspecified atom stereocenters. The van der Waals surface area contributed by atoms with E-state index in [4.69, 9.17) is 0 Å². The van der Waals surface area contributed by atoms with Gasteiger partial charge in [0.15, 0.2) is 5.82 Å². The van der Waals surface area contributed by atoms with E-state index in [0.29, 0.717) is 18.2 Å². The summed E-state index contributed by atoms with van der Waals surface area (Å²) in [5.41, 5.74) is 1.41. The van der Waals surface area contributed by atoms with E-state index >= 15 is 0 Å². The number of carbonyl (C=O) groups excluding carboxylic acids is 1. The molecule has 20 heavy (non-hydrogen) atoms. The molecule has 3 heterocycles. The number of H-pyrrole nitrogens is 1. The second kappa shape index (κ2) is 5.28. The number of hydrogen-bond acceptors (Lipinski definition) is 5. The number of aryl methyl sites for hydroxylation is 1. The lowest BCUT2D eigenvalue weighted by molar-refractivity contribution is 0.0939. The molecule has 1 saturated heterocycles. The van der Waals surface area contributed by atoms with Gasteiger partial charge in [0.1, 0.15) is 5.69 Å². The van der Waals surface area contributed by atoms with Crippen molar-refractivity contribution in [2.75, 3.05) is 24.5 Å². The Hall–Kier alpha value is -2.44. The van der Waals surface area contributed by atoms with E-state index in [9.17, 15) is 4.79 Å². The predicted molar refractivity (Wildman–Crippen MR) is 73.4 cm³/mol. The van der Waals surface area contributed by atoms with E-state index in [1.54, 1.807) is 12.3 Å². The first-order chi connectivity index (χ1) is 9.72. The van der Waals surface area contributed by atoms with E-state index in [-0.39, 0.29) is 5.91 Å². The van der Waals surface area contributed by atoms with Crippen molar-refractivity contribution >= 4 is 11.7 Å². The number of aromatic nitrogens is 4. The van der Waals surface area contributed by atoms with E-state index in [2.05, 4.69) is 30.6 Å². The third kappa shape index (κ3) is 2.61. The zero-order valence-corrected chi connectivity index (χ0v) is 11.2. The van der Waals surface area contributed by atoms with Crippen LogP contribution in [0.15, 0.2) is 24.4 Å². The first kappa shape index (κ1) is 12.6. The molecule has 0 saturated carbocycles. The number of carbonyl (C=O) groups is 1. The molecule has 1 aliphatic rings. The molecule has 2 aromatic heterocycles. The Kier molecular flexibility index (Phi) is 3.32. The molecule has 7 nitrogen and oxygen atoms in total. The van der Waals surface area contributed by atoms with E-state index in [1.165, 1.54) is 0 Å². The third-order valence-corrected chi connectivity index (χ3v) is 3.36. The van der Waals surface area contributed by atoms with Crippen molar-refractivity contribution in [2.24, 2.45) is 5.92 Å². The van der Waals surface area contributed by atoms with Crippen molar-refractivity contribution in [3.8, 4) is 0 Å². The average molecular weight is 272 g/mol. The van der Waals surface area contributed by atoms with Crippen molar-refractivity contribution in [1.82, 2.24) is 25.7 Å². The van der Waals surface area contributed by atoms with Crippen molar-refractivity contribution in [3.05, 3.63) is 35.8 Å². The number of amides is 1. The Morgan fingerprint density at radius 1 is 1.40 bits per heavy atom. The van der Waals surface area contributed by atoms with Crippen molar-refractivity contribution in [3.63, 3.8) is 0 Å². The first-order valence-corrected chi connectivity index (χ1v) is 6.55. The lowest BCUT2D eigenvalue weighted by Crippen LogP contribution is -2.52. The highest BCUT2D eigenvalue weighted by molar-refractivity contribution is 5.92. The number of nitrogens with one attached hydrogen (secondary N) is 2. The van der Waals surface area contributed by atoms with E-state index < -0.39 is 0 Å². The normalized spacial score (nSPS) is 14.9. The maximum absolute atomic E-state index is 11.7. The fraction of sp³-hybridized carbons (Fsp3) is 0.385. The number of hydrogen-bond donors (Lipinski definition) is 2. The SMILES string of the molecule is Cc1ccc(N2CC(CNC(=O)c3ccn[nH]3)C2)nn1. The molecule has 0 radical (unpaired) electrons. The van der Waals surface area contributed by atoms with Gasteiger partial charge in [0, 0.05) is 31.7 Å². The average Bonchev–Trinajstić information content (AvgIpc) is 2.92. The Balaban J connectivity index is 1.44. The lowest BCUT2D eigenvalue weighted by Gasteiger charge is -2.39. The van der Waals surface area contributed by atoms with Crippen LogP contribution in [0.25, 0.3) is 0 Å². The van der Waals surface area contributed by atoms with Crippen LogP contribution in [0.4, 0.5) is 5.82 Å². The summed E-state index contributed by atoms with van der Waals surface area (Å²) in [6.07, 6.45) is 1.57. The Bertz CT molecular complexity index is 573. The molecule has 3 rings (SSSR count). The molecular weight excluding hydrogens is 256 g/mol. The first-order valence-electron chi connectivity index (χ1n) is 6.55. The van der Waals surface area contributed by atoms with Crippen molar-refractivity contribution in [1.29, 1.82) is 0 Å². The summed E-state index contributed by atoms with van der Waals surface area (Å²) in [5.74, 6) is 1.23. The second-order valence-electron chi connectivity index (χ2n) is 4.98. The minimum Gasteiger partial charge on any atom is -0.354 e. The van der Waals surface area contributed by atoms with Gasteiger partial charge in [-0.3, -0.25) is 9.89 Å². The van der Waals surface area contributed by atoms with Crippen LogP contribution in [0.2, 0.25) is 0 Å². The molecule has 1 amide bonds. The van der Waals surface area contributed by atoms with Gasteiger partial charge in [-0.15, -0.1) is 5.10 Å². The third-order valence-electron chi connectivity index (χ3n) is 3.36. The summed E-state index contributed by atoms with van der Waals surface area (Å²) in [6.45, 7) is 4.36. The van der Waals surface area contributed by atoms with Crippen LogP contribution in [-0.2, 0) is 0 Å². The predicted octanol–water partition coefficient (Wildman–Crippen LogP) is 0.374. The molecule has 0 aliphatic carbocycles. The maximum atomic E-state index is 11.7. The molecule has 0 aromatic carbocycles. The molecule has 0 spiro atoms. The van der Waals surface area contributed by atoms with Gasteiger partial charge in [0.2, 0.25) is 0 Å². The van der Waals surface area contributed by atoms with Crippen LogP contribution >= 0.6 is 0 Å². The number of anilines is 1. The van der Waals surface area contributed by atoms with Crippen molar-refractivity contribution < 1.29 is 4.79 Å². The van der Waals surface area contributed by atoms with Crippen LogP contribution in [0.3, 0.4) is 0 Å². The van der Waals surface area contributed by atoms with Gasteiger partial charge in [-0.25, -0.2) is 0 Å². The smallest absolute Gasteiger partial charge is 0.269 e. The number of aromatic amines is 1. The van der Waals surface area contributed by atoms with Gasteiger partial charge in [-0.1, -0.05) is 0 Å². The fourth-order valence-electron chi connectivity index (χ4n) is 2.16. The molecule has 1 aliphatic heterocycles. The zero-order valence-electron chi connectivity index (χ0n) is 11.2. The van der Waals surface area contributed by atoms with Gasteiger partial charge >= 0.3 is 0 Å². The molecule has 104 valence electrons. The molecular formula is C13H16N6O. The number of rotatable bonds is 4. The molecule has 2 aromatic rings. The van der Waals surface area contributed by atoms with Gasteiger partial charge in [-0.05, 0) is 25.1 Å². The minimum atomic E-state index is -0.115. The molecule has 7 heteroatoms. The highest BCUT2D eigenvalue weighted by Gasteiger charge is 2.28. The van der Waals surface area contributed by atoms with Crippen LogP contribution in [-0.4, -0.2) is 45.9 Å². The highest BCUT2D eigenvalue weighted by atomic mass is 16.1. The number of nitrogens with zero attached hydrogens (tertiary/aromatic N) is 4. The van der Waals surface area contributed by atoms with E-state index in [1.807, 2.05) is 19.1 Å². The quantitative estimate of drug-likeness (QED) is 0.840. The molecule has 0 atom stereocenters. The maximum Gasteiger partial charge on any atom is 0.269 e.